The number of aromatic nitrogens is 1. The molecule has 0 aliphatic rings. The Kier molecular flexibility index (Phi) is 4.79. The van der Waals surface area contributed by atoms with Gasteiger partial charge in [-0.05, 0) is 28.5 Å². The van der Waals surface area contributed by atoms with E-state index in [0.29, 0.717) is 5.33 Å². The predicted molar refractivity (Wildman–Crippen MR) is 61.9 cm³/mol. The Morgan fingerprint density at radius 1 is 1.47 bits per heavy atom. The van der Waals surface area contributed by atoms with E-state index in [9.17, 15) is 25.4 Å². The van der Waals surface area contributed by atoms with Gasteiger partial charge in [-0.2, -0.15) is 0 Å². The molecule has 3 N–H and O–H groups in total. The highest BCUT2D eigenvalue weighted by atomic mass is 79.9. The average molecular weight is 307 g/mol. The van der Waals surface area contributed by atoms with Crippen molar-refractivity contribution >= 4 is 21.7 Å². The number of alkyl halides is 1. The van der Waals surface area contributed by atoms with Gasteiger partial charge in [-0.15, -0.1) is 0 Å². The quantitative estimate of drug-likeness (QED) is 0.422. The fourth-order valence-corrected chi connectivity index (χ4v) is 1.69. The van der Waals surface area contributed by atoms with Crippen molar-refractivity contribution in [2.24, 2.45) is 0 Å². The Morgan fingerprint density at radius 3 is 2.65 bits per heavy atom. The Bertz CT molecular complexity index is 414. The molecule has 0 amide bonds. The summed E-state index contributed by atoms with van der Waals surface area (Å²) in [6.45, 7) is 0. The summed E-state index contributed by atoms with van der Waals surface area (Å²) in [5.41, 5.74) is -0.0528. The third-order valence-corrected chi connectivity index (χ3v) is 2.58. The van der Waals surface area contributed by atoms with Gasteiger partial charge in [-0.3, -0.25) is 0 Å². The summed E-state index contributed by atoms with van der Waals surface area (Å²) in [6.07, 6.45) is -2.13. The van der Waals surface area contributed by atoms with Crippen molar-refractivity contribution in [1.29, 1.82) is 0 Å². The van der Waals surface area contributed by atoms with E-state index in [1.807, 2.05) is 0 Å². The first-order valence-corrected chi connectivity index (χ1v) is 5.86. The fraction of sp³-hybridized carbons (Fsp3) is 0.444. The minimum Gasteiger partial charge on any atom is -0.501 e. The molecule has 0 spiro atoms. The number of hydrogen-bond donors (Lipinski definition) is 3. The zero-order chi connectivity index (χ0) is 13.0. The van der Waals surface area contributed by atoms with Gasteiger partial charge in [0.25, 0.3) is 0 Å². The van der Waals surface area contributed by atoms with E-state index in [2.05, 4.69) is 20.9 Å². The van der Waals surface area contributed by atoms with Crippen molar-refractivity contribution in [2.75, 3.05) is 5.33 Å². The highest BCUT2D eigenvalue weighted by molar-refractivity contribution is 9.09. The van der Waals surface area contributed by atoms with Gasteiger partial charge in [0.2, 0.25) is 5.75 Å². The lowest BCUT2D eigenvalue weighted by Gasteiger charge is -2.13. The highest BCUT2D eigenvalue weighted by Crippen LogP contribution is 2.26. The summed E-state index contributed by atoms with van der Waals surface area (Å²) in [7, 11) is 0. The van der Waals surface area contributed by atoms with Crippen LogP contribution in [0.2, 0.25) is 0 Å². The average Bonchev–Trinajstić information content (AvgIpc) is 2.28. The molecule has 0 radical (unpaired) electrons. The van der Waals surface area contributed by atoms with Crippen LogP contribution < -0.4 is 0 Å². The Labute approximate surface area is 105 Å². The molecule has 1 heterocycles. The van der Waals surface area contributed by atoms with Gasteiger partial charge in [-0.25, -0.2) is 0 Å². The lowest BCUT2D eigenvalue weighted by Crippen LogP contribution is -2.19. The number of nitro groups is 1. The molecule has 0 aliphatic carbocycles. The van der Waals surface area contributed by atoms with E-state index in [0.717, 1.165) is 6.07 Å². The largest absolute Gasteiger partial charge is 0.501 e. The van der Waals surface area contributed by atoms with Gasteiger partial charge >= 0.3 is 5.82 Å². The van der Waals surface area contributed by atoms with Crippen LogP contribution in [0.1, 0.15) is 18.2 Å². The fourth-order valence-electron chi connectivity index (χ4n) is 1.22. The predicted octanol–water partition coefficient (Wildman–Crippen LogP) is 0.875. The van der Waals surface area contributed by atoms with E-state index in [1.54, 1.807) is 0 Å². The molecule has 0 saturated heterocycles. The van der Waals surface area contributed by atoms with Gasteiger partial charge in [-0.1, -0.05) is 15.9 Å². The molecule has 0 aromatic carbocycles. The van der Waals surface area contributed by atoms with E-state index in [1.165, 1.54) is 6.07 Å². The molecule has 0 aliphatic heterocycles. The molecule has 7 nitrogen and oxygen atoms in total. The molecule has 94 valence electrons. The molecule has 17 heavy (non-hydrogen) atoms. The normalized spacial score (nSPS) is 14.3. The number of hydrogen-bond acceptors (Lipinski definition) is 6. The molecule has 2 unspecified atom stereocenters. The van der Waals surface area contributed by atoms with Gasteiger partial charge in [0, 0.05) is 5.33 Å². The van der Waals surface area contributed by atoms with Crippen LogP contribution in [-0.4, -0.2) is 36.7 Å². The molecular weight excluding hydrogens is 296 g/mol. The monoisotopic (exact) mass is 306 g/mol. The number of aromatic hydroxyl groups is 1. The number of nitrogens with zero attached hydrogens (tertiary/aromatic N) is 2. The van der Waals surface area contributed by atoms with Crippen LogP contribution in [0.25, 0.3) is 0 Å². The van der Waals surface area contributed by atoms with Crippen LogP contribution in [0.4, 0.5) is 5.82 Å². The summed E-state index contributed by atoms with van der Waals surface area (Å²) >= 11 is 3.10. The second-order valence-electron chi connectivity index (χ2n) is 3.33. The van der Waals surface area contributed by atoms with Crippen LogP contribution in [-0.2, 0) is 0 Å². The zero-order valence-corrected chi connectivity index (χ0v) is 10.2. The van der Waals surface area contributed by atoms with Crippen LogP contribution >= 0.6 is 15.9 Å². The van der Waals surface area contributed by atoms with Crippen molar-refractivity contribution in [3.63, 3.8) is 0 Å². The lowest BCUT2D eigenvalue weighted by atomic mass is 10.1. The van der Waals surface area contributed by atoms with E-state index < -0.39 is 28.7 Å². The Morgan fingerprint density at radius 2 is 2.12 bits per heavy atom. The van der Waals surface area contributed by atoms with Crippen LogP contribution in [0.15, 0.2) is 12.1 Å². The van der Waals surface area contributed by atoms with Crippen molar-refractivity contribution < 1.29 is 20.2 Å². The van der Waals surface area contributed by atoms with Crippen LogP contribution in [0.5, 0.6) is 5.75 Å². The van der Waals surface area contributed by atoms with E-state index >= 15 is 0 Å². The van der Waals surface area contributed by atoms with Crippen molar-refractivity contribution in [2.45, 2.75) is 18.6 Å². The standard InChI is InChI=1S/C9H11BrN2O5/c10-4-3-6(13)8(15)5-1-2-7(14)9(11-5)12(16)17/h1-2,6,8,13-15H,3-4H2. The first-order valence-electron chi connectivity index (χ1n) is 4.73. The summed E-state index contributed by atoms with van der Waals surface area (Å²) in [5, 5.41) is 39.4. The molecule has 1 rings (SSSR count). The number of rotatable bonds is 5. The van der Waals surface area contributed by atoms with Gasteiger partial charge in [0.05, 0.1) is 6.10 Å². The SMILES string of the molecule is O=[N+]([O-])c1nc(C(O)C(O)CCBr)ccc1O. The number of aliphatic hydroxyl groups is 2. The smallest absolute Gasteiger partial charge is 0.406 e. The number of pyridine rings is 1. The van der Waals surface area contributed by atoms with Crippen LogP contribution in [0, 0.1) is 10.1 Å². The maximum atomic E-state index is 10.5. The molecule has 2 atom stereocenters. The van der Waals surface area contributed by atoms with Crippen LogP contribution in [0.3, 0.4) is 0 Å². The zero-order valence-electron chi connectivity index (χ0n) is 8.65. The van der Waals surface area contributed by atoms with Gasteiger partial charge < -0.3 is 25.4 Å². The second kappa shape index (κ2) is 5.89. The molecule has 1 aromatic rings. The maximum absolute atomic E-state index is 10.5. The Hall–Kier alpha value is -1.25. The molecule has 8 heteroatoms. The summed E-state index contributed by atoms with van der Waals surface area (Å²) < 4.78 is 0. The van der Waals surface area contributed by atoms with E-state index in [4.69, 9.17) is 0 Å². The van der Waals surface area contributed by atoms with Gasteiger partial charge in [0.15, 0.2) is 5.69 Å². The molecule has 0 saturated carbocycles. The first-order chi connectivity index (χ1) is 7.97. The number of aliphatic hydroxyl groups excluding tert-OH is 2. The summed E-state index contributed by atoms with van der Waals surface area (Å²) in [6, 6.07) is 2.29. The highest BCUT2D eigenvalue weighted by Gasteiger charge is 2.26. The minimum atomic E-state index is -1.33. The molecule has 0 fully saturated rings. The topological polar surface area (TPSA) is 117 Å². The Balaban J connectivity index is 2.99. The third-order valence-electron chi connectivity index (χ3n) is 2.12. The van der Waals surface area contributed by atoms with Crippen molar-refractivity contribution in [3.05, 3.63) is 27.9 Å². The maximum Gasteiger partial charge on any atom is 0.406 e. The summed E-state index contributed by atoms with van der Waals surface area (Å²) in [4.78, 5) is 13.2. The molecule has 1 aromatic heterocycles. The minimum absolute atomic E-state index is 0.0528. The summed E-state index contributed by atoms with van der Waals surface area (Å²) in [5.74, 6) is -1.33. The lowest BCUT2D eigenvalue weighted by molar-refractivity contribution is -0.390. The van der Waals surface area contributed by atoms with Crippen molar-refractivity contribution in [3.8, 4) is 5.75 Å². The number of halogens is 1. The molecular formula is C9H11BrN2O5. The third kappa shape index (κ3) is 3.35. The first kappa shape index (κ1) is 13.8. The van der Waals surface area contributed by atoms with Crippen molar-refractivity contribution in [1.82, 2.24) is 4.98 Å². The van der Waals surface area contributed by atoms with Gasteiger partial charge in [0.1, 0.15) is 6.10 Å². The second-order valence-corrected chi connectivity index (χ2v) is 4.12. The van der Waals surface area contributed by atoms with E-state index in [-0.39, 0.29) is 12.1 Å². The molecule has 0 bridgehead atoms.